The fourth-order valence-electron chi connectivity index (χ4n) is 2.50. The van der Waals surface area contributed by atoms with E-state index in [0.717, 1.165) is 16.9 Å². The first-order chi connectivity index (χ1) is 11.5. The van der Waals surface area contributed by atoms with E-state index in [-0.39, 0.29) is 0 Å². The Labute approximate surface area is 144 Å². The molecule has 5 nitrogen and oxygen atoms in total. The van der Waals surface area contributed by atoms with Crippen molar-refractivity contribution in [1.82, 2.24) is 9.29 Å². The van der Waals surface area contributed by atoms with E-state index in [4.69, 9.17) is 4.74 Å². The van der Waals surface area contributed by atoms with Crippen LogP contribution in [0.4, 0.5) is 0 Å². The van der Waals surface area contributed by atoms with Crippen molar-refractivity contribution in [3.05, 3.63) is 53.9 Å². The molecule has 0 spiro atoms. The van der Waals surface area contributed by atoms with Gasteiger partial charge in [0.1, 0.15) is 5.75 Å². The quantitative estimate of drug-likeness (QED) is 0.736. The molecule has 2 aromatic rings. The van der Waals surface area contributed by atoms with E-state index in [2.05, 4.69) is 4.98 Å². The summed E-state index contributed by atoms with van der Waals surface area (Å²) in [6.45, 7) is 7.04. The average molecular weight is 348 g/mol. The molecule has 0 unspecified atom stereocenters. The number of pyridine rings is 1. The summed E-state index contributed by atoms with van der Waals surface area (Å²) in [5.74, 6) is 0.719. The second-order valence-corrected chi connectivity index (χ2v) is 7.40. The van der Waals surface area contributed by atoms with Crippen molar-refractivity contribution < 1.29 is 13.2 Å². The molecule has 0 radical (unpaired) electrons. The minimum Gasteiger partial charge on any atom is -0.494 e. The Kier molecular flexibility index (Phi) is 6.34. The maximum absolute atomic E-state index is 12.9. The van der Waals surface area contributed by atoms with Crippen LogP contribution in [0.25, 0.3) is 0 Å². The first-order valence-corrected chi connectivity index (χ1v) is 9.55. The fraction of sp³-hybridized carbons (Fsp3) is 0.389. The van der Waals surface area contributed by atoms with E-state index in [9.17, 15) is 8.42 Å². The molecule has 0 bridgehead atoms. The van der Waals surface area contributed by atoms with Crippen LogP contribution in [0.2, 0.25) is 0 Å². The van der Waals surface area contributed by atoms with Gasteiger partial charge in [0.25, 0.3) is 0 Å². The van der Waals surface area contributed by atoms with Crippen molar-refractivity contribution >= 4 is 10.0 Å². The summed E-state index contributed by atoms with van der Waals surface area (Å²) in [4.78, 5) is 4.28. The molecule has 0 N–H and O–H groups in total. The fourth-order valence-corrected chi connectivity index (χ4v) is 4.04. The van der Waals surface area contributed by atoms with Gasteiger partial charge in [0, 0.05) is 25.5 Å². The number of ether oxygens (including phenoxy) is 1. The highest BCUT2D eigenvalue weighted by Gasteiger charge is 2.23. The summed E-state index contributed by atoms with van der Waals surface area (Å²) in [5, 5.41) is 0. The number of nitrogens with zero attached hydrogens (tertiary/aromatic N) is 2. The van der Waals surface area contributed by atoms with Gasteiger partial charge in [-0.05, 0) is 61.7 Å². The molecule has 24 heavy (non-hydrogen) atoms. The van der Waals surface area contributed by atoms with Crippen LogP contribution in [-0.2, 0) is 16.4 Å². The van der Waals surface area contributed by atoms with Crippen molar-refractivity contribution in [3.63, 3.8) is 0 Å². The summed E-state index contributed by atoms with van der Waals surface area (Å²) in [6, 6.07) is 8.82. The SMILES string of the molecule is CCOc1ccc(S(=O)(=O)N(CC)CCc2ccncc2)cc1C. The Morgan fingerprint density at radius 3 is 2.42 bits per heavy atom. The largest absolute Gasteiger partial charge is 0.494 e. The number of sulfonamides is 1. The lowest BCUT2D eigenvalue weighted by Crippen LogP contribution is -2.32. The van der Waals surface area contributed by atoms with Crippen molar-refractivity contribution in [1.29, 1.82) is 0 Å². The average Bonchev–Trinajstić information content (AvgIpc) is 2.58. The number of aromatic nitrogens is 1. The molecule has 0 aliphatic rings. The molecule has 0 amide bonds. The van der Waals surface area contributed by atoms with Gasteiger partial charge in [0.2, 0.25) is 10.0 Å². The van der Waals surface area contributed by atoms with Gasteiger partial charge in [-0.1, -0.05) is 6.92 Å². The van der Waals surface area contributed by atoms with Gasteiger partial charge in [-0.2, -0.15) is 4.31 Å². The third-order valence-corrected chi connectivity index (χ3v) is 5.81. The summed E-state index contributed by atoms with van der Waals surface area (Å²) < 4.78 is 32.7. The molecule has 6 heteroatoms. The molecule has 0 fully saturated rings. The minimum atomic E-state index is -3.51. The number of hydrogen-bond acceptors (Lipinski definition) is 4. The molecule has 2 rings (SSSR count). The Hall–Kier alpha value is -1.92. The second-order valence-electron chi connectivity index (χ2n) is 5.46. The molecule has 0 atom stereocenters. The molecule has 1 aromatic carbocycles. The lowest BCUT2D eigenvalue weighted by Gasteiger charge is -2.21. The highest BCUT2D eigenvalue weighted by molar-refractivity contribution is 7.89. The third-order valence-electron chi connectivity index (χ3n) is 3.84. The third kappa shape index (κ3) is 4.33. The van der Waals surface area contributed by atoms with Gasteiger partial charge in [-0.25, -0.2) is 8.42 Å². The van der Waals surface area contributed by atoms with E-state index in [1.807, 2.05) is 32.9 Å². The Balaban J connectivity index is 2.18. The van der Waals surface area contributed by atoms with Gasteiger partial charge >= 0.3 is 0 Å². The standard InChI is InChI=1S/C18H24N2O3S/c1-4-20(13-10-16-8-11-19-12-9-16)24(21,22)17-6-7-18(23-5-2)15(3)14-17/h6-9,11-12,14H,4-5,10,13H2,1-3H3. The summed E-state index contributed by atoms with van der Waals surface area (Å²) >= 11 is 0. The Morgan fingerprint density at radius 1 is 1.12 bits per heavy atom. The summed E-state index contributed by atoms with van der Waals surface area (Å²) in [6.07, 6.45) is 4.09. The Morgan fingerprint density at radius 2 is 1.83 bits per heavy atom. The summed E-state index contributed by atoms with van der Waals surface area (Å²) in [7, 11) is -3.51. The molecular weight excluding hydrogens is 324 g/mol. The van der Waals surface area contributed by atoms with Crippen LogP contribution in [0.5, 0.6) is 5.75 Å². The zero-order chi connectivity index (χ0) is 17.6. The smallest absolute Gasteiger partial charge is 0.243 e. The lowest BCUT2D eigenvalue weighted by atomic mass is 10.2. The molecule has 130 valence electrons. The van der Waals surface area contributed by atoms with Gasteiger partial charge in [0.05, 0.1) is 11.5 Å². The predicted octanol–water partition coefficient (Wildman–Crippen LogP) is 3.04. The van der Waals surface area contributed by atoms with E-state index >= 15 is 0 Å². The van der Waals surface area contributed by atoms with E-state index in [1.165, 1.54) is 4.31 Å². The zero-order valence-corrected chi connectivity index (χ0v) is 15.2. The molecule has 1 aromatic heterocycles. The maximum Gasteiger partial charge on any atom is 0.243 e. The topological polar surface area (TPSA) is 59.5 Å². The first-order valence-electron chi connectivity index (χ1n) is 8.11. The van der Waals surface area contributed by atoms with Crippen LogP contribution in [0.3, 0.4) is 0 Å². The van der Waals surface area contributed by atoms with Crippen LogP contribution in [0, 0.1) is 6.92 Å². The number of hydrogen-bond donors (Lipinski definition) is 0. The van der Waals surface area contributed by atoms with E-state index < -0.39 is 10.0 Å². The van der Waals surface area contributed by atoms with Gasteiger partial charge < -0.3 is 4.74 Å². The molecule has 0 aliphatic heterocycles. The number of likely N-dealkylation sites (N-methyl/N-ethyl adjacent to an activating group) is 1. The highest BCUT2D eigenvalue weighted by atomic mass is 32.2. The van der Waals surface area contributed by atoms with Crippen LogP contribution in [-0.4, -0.2) is 37.4 Å². The van der Waals surface area contributed by atoms with Crippen molar-refractivity contribution in [2.24, 2.45) is 0 Å². The van der Waals surface area contributed by atoms with Crippen LogP contribution < -0.4 is 4.74 Å². The van der Waals surface area contributed by atoms with Gasteiger partial charge in [-0.3, -0.25) is 4.98 Å². The summed E-state index contributed by atoms with van der Waals surface area (Å²) in [5.41, 5.74) is 1.89. The van der Waals surface area contributed by atoms with E-state index in [0.29, 0.717) is 31.0 Å². The lowest BCUT2D eigenvalue weighted by molar-refractivity contribution is 0.337. The predicted molar refractivity (Wildman–Crippen MR) is 94.7 cm³/mol. The monoisotopic (exact) mass is 348 g/mol. The molecule has 1 heterocycles. The normalized spacial score (nSPS) is 11.7. The molecule has 0 saturated heterocycles. The van der Waals surface area contributed by atoms with Crippen molar-refractivity contribution in [2.75, 3.05) is 19.7 Å². The highest BCUT2D eigenvalue weighted by Crippen LogP contribution is 2.24. The molecule has 0 aliphatic carbocycles. The number of aryl methyl sites for hydroxylation is 1. The van der Waals surface area contributed by atoms with E-state index in [1.54, 1.807) is 30.6 Å². The number of benzene rings is 1. The van der Waals surface area contributed by atoms with Crippen LogP contribution in [0.1, 0.15) is 25.0 Å². The maximum atomic E-state index is 12.9. The van der Waals surface area contributed by atoms with Crippen molar-refractivity contribution in [2.45, 2.75) is 32.1 Å². The van der Waals surface area contributed by atoms with Crippen LogP contribution >= 0.6 is 0 Å². The Bertz CT molecular complexity index is 761. The van der Waals surface area contributed by atoms with Gasteiger partial charge in [-0.15, -0.1) is 0 Å². The van der Waals surface area contributed by atoms with Gasteiger partial charge in [0.15, 0.2) is 0 Å². The molecule has 0 saturated carbocycles. The van der Waals surface area contributed by atoms with Crippen LogP contribution in [0.15, 0.2) is 47.6 Å². The first kappa shape index (κ1) is 18.4. The van der Waals surface area contributed by atoms with Crippen molar-refractivity contribution in [3.8, 4) is 5.75 Å². The second kappa shape index (κ2) is 8.26. The zero-order valence-electron chi connectivity index (χ0n) is 14.4. The number of rotatable bonds is 8. The molecular formula is C18H24N2O3S. The minimum absolute atomic E-state index is 0.306.